The maximum absolute atomic E-state index is 8.93. The number of nitrogens with zero attached hydrogens (tertiary/aromatic N) is 4. The van der Waals surface area contributed by atoms with Gasteiger partial charge in [-0.1, -0.05) is 0 Å². The molecular formula is C8H7N5S2. The van der Waals surface area contributed by atoms with Crippen LogP contribution in [0.4, 0.5) is 5.82 Å². The zero-order chi connectivity index (χ0) is 10.8. The number of aromatic nitrogens is 3. The first kappa shape index (κ1) is 10.0. The Morgan fingerprint density at radius 2 is 2.47 bits per heavy atom. The molecule has 0 saturated carbocycles. The van der Waals surface area contributed by atoms with Crippen molar-refractivity contribution < 1.29 is 0 Å². The van der Waals surface area contributed by atoms with Gasteiger partial charge in [0.2, 0.25) is 5.13 Å². The van der Waals surface area contributed by atoms with Crippen LogP contribution in [0.5, 0.6) is 0 Å². The van der Waals surface area contributed by atoms with E-state index in [4.69, 9.17) is 11.0 Å². The van der Waals surface area contributed by atoms with Crippen LogP contribution in [-0.2, 0) is 0 Å². The Balaban J connectivity index is 2.61. The second-order valence-electron chi connectivity index (χ2n) is 2.61. The number of rotatable bonds is 2. The number of nitriles is 1. The van der Waals surface area contributed by atoms with E-state index >= 15 is 0 Å². The molecular weight excluding hydrogens is 230 g/mol. The van der Waals surface area contributed by atoms with Crippen molar-refractivity contribution in [3.8, 4) is 11.2 Å². The molecule has 0 saturated heterocycles. The molecule has 2 heterocycles. The number of nitrogen functional groups attached to an aromatic ring is 1. The number of hydrogen-bond donors (Lipinski definition) is 1. The average Bonchev–Trinajstić information content (AvgIpc) is 2.84. The van der Waals surface area contributed by atoms with Crippen molar-refractivity contribution in [2.45, 2.75) is 5.03 Å². The molecule has 0 unspecified atom stereocenters. The highest BCUT2D eigenvalue weighted by Gasteiger charge is 2.16. The van der Waals surface area contributed by atoms with E-state index in [1.165, 1.54) is 27.8 Å². The third kappa shape index (κ3) is 1.58. The third-order valence-electron chi connectivity index (χ3n) is 1.79. The summed E-state index contributed by atoms with van der Waals surface area (Å²) in [6.45, 7) is 0. The molecule has 2 N–H and O–H groups in total. The molecule has 76 valence electrons. The molecule has 0 atom stereocenters. The smallest absolute Gasteiger partial charge is 0.212 e. The molecule has 2 aromatic heterocycles. The van der Waals surface area contributed by atoms with Gasteiger partial charge in [0.15, 0.2) is 0 Å². The molecule has 0 bridgehead atoms. The first-order chi connectivity index (χ1) is 7.27. The minimum absolute atomic E-state index is 0.344. The van der Waals surface area contributed by atoms with E-state index in [9.17, 15) is 0 Å². The summed E-state index contributed by atoms with van der Waals surface area (Å²) in [4.78, 5) is 4.09. The molecule has 0 aliphatic heterocycles. The summed E-state index contributed by atoms with van der Waals surface area (Å²) in [5.74, 6) is 0.344. The van der Waals surface area contributed by atoms with Gasteiger partial charge in [-0.3, -0.25) is 0 Å². The topological polar surface area (TPSA) is 80.5 Å². The molecule has 0 fully saturated rings. The molecule has 7 heteroatoms. The van der Waals surface area contributed by atoms with Gasteiger partial charge in [0.1, 0.15) is 22.5 Å². The Kier molecular flexibility index (Phi) is 2.62. The minimum atomic E-state index is 0.344. The van der Waals surface area contributed by atoms with E-state index in [-0.39, 0.29) is 0 Å². The summed E-state index contributed by atoms with van der Waals surface area (Å²) >= 11 is 2.82. The SMILES string of the molecule is CSc1nn(-c2nccs2)c(N)c1C#N. The Labute approximate surface area is 94.5 Å². The Morgan fingerprint density at radius 3 is 2.93 bits per heavy atom. The number of thioether (sulfide) groups is 1. The maximum atomic E-state index is 8.93. The van der Waals surface area contributed by atoms with Crippen LogP contribution < -0.4 is 5.73 Å². The van der Waals surface area contributed by atoms with Crippen LogP contribution >= 0.6 is 23.1 Å². The quantitative estimate of drug-likeness (QED) is 0.801. The van der Waals surface area contributed by atoms with Crippen LogP contribution in [0.2, 0.25) is 0 Å². The fourth-order valence-corrected chi connectivity index (χ4v) is 2.25. The standard InChI is InChI=1S/C8H7N5S2/c1-14-7-5(4-9)6(10)13(12-7)8-11-2-3-15-8/h2-3H,10H2,1H3. The lowest BCUT2D eigenvalue weighted by Crippen LogP contribution is -2.01. The normalized spacial score (nSPS) is 10.1. The largest absolute Gasteiger partial charge is 0.382 e. The Hall–Kier alpha value is -1.52. The molecule has 15 heavy (non-hydrogen) atoms. The zero-order valence-electron chi connectivity index (χ0n) is 7.84. The number of anilines is 1. The zero-order valence-corrected chi connectivity index (χ0v) is 9.47. The fourth-order valence-electron chi connectivity index (χ4n) is 1.12. The van der Waals surface area contributed by atoms with Crippen LogP contribution in [0, 0.1) is 11.3 Å². The monoisotopic (exact) mass is 237 g/mol. The van der Waals surface area contributed by atoms with Crippen LogP contribution in [0.1, 0.15) is 5.56 Å². The maximum Gasteiger partial charge on any atom is 0.212 e. The van der Waals surface area contributed by atoms with E-state index in [2.05, 4.69) is 10.1 Å². The molecule has 0 aromatic carbocycles. The first-order valence-electron chi connectivity index (χ1n) is 4.00. The van der Waals surface area contributed by atoms with Crippen molar-refractivity contribution >= 4 is 28.9 Å². The van der Waals surface area contributed by atoms with E-state index in [0.29, 0.717) is 21.5 Å². The highest BCUT2D eigenvalue weighted by molar-refractivity contribution is 7.98. The molecule has 0 aliphatic carbocycles. The molecule has 0 aliphatic rings. The molecule has 0 radical (unpaired) electrons. The average molecular weight is 237 g/mol. The van der Waals surface area contributed by atoms with Crippen LogP contribution in [0.15, 0.2) is 16.6 Å². The summed E-state index contributed by atoms with van der Waals surface area (Å²) in [7, 11) is 0. The van der Waals surface area contributed by atoms with Gasteiger partial charge in [-0.05, 0) is 6.26 Å². The molecule has 2 rings (SSSR count). The summed E-state index contributed by atoms with van der Waals surface area (Å²) in [5.41, 5.74) is 6.23. The summed E-state index contributed by atoms with van der Waals surface area (Å²) in [6.07, 6.45) is 3.53. The fraction of sp³-hybridized carbons (Fsp3) is 0.125. The third-order valence-corrected chi connectivity index (χ3v) is 3.21. The number of thiazole rings is 1. The molecule has 2 aromatic rings. The van der Waals surface area contributed by atoms with Crippen molar-refractivity contribution in [1.29, 1.82) is 5.26 Å². The predicted molar refractivity (Wildman–Crippen MR) is 60.1 cm³/mol. The lowest BCUT2D eigenvalue weighted by atomic mass is 10.4. The highest BCUT2D eigenvalue weighted by atomic mass is 32.2. The van der Waals surface area contributed by atoms with E-state index < -0.39 is 0 Å². The summed E-state index contributed by atoms with van der Waals surface area (Å²) in [5, 5.41) is 16.3. The van der Waals surface area contributed by atoms with Crippen molar-refractivity contribution in [2.75, 3.05) is 12.0 Å². The molecule has 0 spiro atoms. The Morgan fingerprint density at radius 1 is 1.67 bits per heavy atom. The van der Waals surface area contributed by atoms with Gasteiger partial charge in [-0.2, -0.15) is 15.0 Å². The minimum Gasteiger partial charge on any atom is -0.382 e. The van der Waals surface area contributed by atoms with Gasteiger partial charge in [-0.15, -0.1) is 23.1 Å². The lowest BCUT2D eigenvalue weighted by molar-refractivity contribution is 0.837. The van der Waals surface area contributed by atoms with E-state index in [1.54, 1.807) is 6.20 Å². The highest BCUT2D eigenvalue weighted by Crippen LogP contribution is 2.26. The van der Waals surface area contributed by atoms with Crippen LogP contribution in [0.3, 0.4) is 0 Å². The predicted octanol–water partition coefficient (Wildman–Crippen LogP) is 1.50. The van der Waals surface area contributed by atoms with Gasteiger partial charge in [-0.25, -0.2) is 4.98 Å². The van der Waals surface area contributed by atoms with Gasteiger partial charge in [0.05, 0.1) is 0 Å². The van der Waals surface area contributed by atoms with E-state index in [1.807, 2.05) is 17.7 Å². The van der Waals surface area contributed by atoms with Crippen molar-refractivity contribution in [1.82, 2.24) is 14.8 Å². The van der Waals surface area contributed by atoms with Crippen LogP contribution in [-0.4, -0.2) is 21.0 Å². The lowest BCUT2D eigenvalue weighted by Gasteiger charge is -1.96. The van der Waals surface area contributed by atoms with Crippen LogP contribution in [0.25, 0.3) is 5.13 Å². The van der Waals surface area contributed by atoms with Crippen molar-refractivity contribution in [2.24, 2.45) is 0 Å². The van der Waals surface area contributed by atoms with Gasteiger partial charge in [0, 0.05) is 11.6 Å². The molecule has 5 nitrogen and oxygen atoms in total. The number of hydrogen-bond acceptors (Lipinski definition) is 6. The van der Waals surface area contributed by atoms with Crippen molar-refractivity contribution in [3.63, 3.8) is 0 Å². The van der Waals surface area contributed by atoms with Gasteiger partial charge >= 0.3 is 0 Å². The number of nitrogens with two attached hydrogens (primary N) is 1. The first-order valence-corrected chi connectivity index (χ1v) is 6.10. The Bertz CT molecular complexity index is 508. The van der Waals surface area contributed by atoms with Crippen molar-refractivity contribution in [3.05, 3.63) is 17.1 Å². The summed E-state index contributed by atoms with van der Waals surface area (Å²) in [6, 6.07) is 2.04. The van der Waals surface area contributed by atoms with Gasteiger partial charge < -0.3 is 5.73 Å². The van der Waals surface area contributed by atoms with Gasteiger partial charge in [0.25, 0.3) is 0 Å². The summed E-state index contributed by atoms with van der Waals surface area (Å²) < 4.78 is 1.50. The second-order valence-corrected chi connectivity index (χ2v) is 4.28. The molecule has 0 amide bonds. The van der Waals surface area contributed by atoms with E-state index in [0.717, 1.165) is 0 Å². The second kappa shape index (κ2) is 3.92.